The molecule has 0 fully saturated rings. The van der Waals surface area contributed by atoms with Crippen molar-refractivity contribution in [3.8, 4) is 0 Å². The number of carbonyl (C=O) groups is 2. The minimum absolute atomic E-state index is 0.0274. The van der Waals surface area contributed by atoms with Crippen LogP contribution in [0.1, 0.15) is 50.2 Å². The number of alkyl halides is 3. The molecule has 1 aliphatic heterocycles. The Morgan fingerprint density at radius 2 is 1.62 bits per heavy atom. The lowest BCUT2D eigenvalue weighted by Gasteiger charge is -2.43. The van der Waals surface area contributed by atoms with Crippen LogP contribution in [0.4, 0.5) is 18.9 Å². The van der Waals surface area contributed by atoms with Gasteiger partial charge >= 0.3 is 6.18 Å². The topological polar surface area (TPSA) is 37.4 Å². The van der Waals surface area contributed by atoms with Gasteiger partial charge in [0.25, 0.3) is 0 Å². The number of amides is 1. The predicted molar refractivity (Wildman–Crippen MR) is 125 cm³/mol. The Morgan fingerprint density at radius 3 is 2.35 bits per heavy atom. The first-order valence-corrected chi connectivity index (χ1v) is 11.3. The Hall–Kier alpha value is -3.41. The van der Waals surface area contributed by atoms with E-state index in [4.69, 9.17) is 0 Å². The van der Waals surface area contributed by atoms with Gasteiger partial charge in [0.05, 0.1) is 5.56 Å². The van der Waals surface area contributed by atoms with Crippen LogP contribution in [-0.4, -0.2) is 11.7 Å². The van der Waals surface area contributed by atoms with E-state index in [0.717, 1.165) is 28.5 Å². The van der Waals surface area contributed by atoms with Gasteiger partial charge in [0.2, 0.25) is 5.91 Å². The van der Waals surface area contributed by atoms with E-state index in [1.807, 2.05) is 56.3 Å². The molecule has 0 N–H and O–H groups in total. The summed E-state index contributed by atoms with van der Waals surface area (Å²) in [4.78, 5) is 28.2. The highest BCUT2D eigenvalue weighted by molar-refractivity contribution is 6.08. The highest BCUT2D eigenvalue weighted by Gasteiger charge is 2.44. The van der Waals surface area contributed by atoms with E-state index >= 15 is 0 Å². The molecule has 0 radical (unpaired) electrons. The molecule has 0 spiro atoms. The molecular formula is C28H24F3NO2. The van der Waals surface area contributed by atoms with Crippen molar-refractivity contribution in [3.05, 3.63) is 89.1 Å². The molecular weight excluding hydrogens is 439 g/mol. The molecule has 0 aromatic heterocycles. The smallest absolute Gasteiger partial charge is 0.294 e. The number of rotatable bonds is 2. The molecule has 3 aromatic carbocycles. The molecule has 3 nitrogen and oxygen atoms in total. The largest absolute Gasteiger partial charge is 0.416 e. The predicted octanol–water partition coefficient (Wildman–Crippen LogP) is 7.02. The van der Waals surface area contributed by atoms with E-state index < -0.39 is 23.1 Å². The molecule has 5 rings (SSSR count). The number of fused-ring (bicyclic) bond motifs is 1. The third kappa shape index (κ3) is 3.91. The van der Waals surface area contributed by atoms with Crippen molar-refractivity contribution >= 4 is 28.2 Å². The molecule has 1 unspecified atom stereocenters. The molecule has 1 aliphatic carbocycles. The number of hydrogen-bond acceptors (Lipinski definition) is 2. The van der Waals surface area contributed by atoms with Gasteiger partial charge in [0.1, 0.15) is 0 Å². The first-order chi connectivity index (χ1) is 16.0. The molecule has 1 amide bonds. The lowest BCUT2D eigenvalue weighted by molar-refractivity contribution is -0.137. The first kappa shape index (κ1) is 22.4. The number of nitrogens with zero attached hydrogens (tertiary/aromatic N) is 1. The second-order valence-electron chi connectivity index (χ2n) is 9.94. The SMILES string of the molecule is CC1(C)CC(=O)C2=C(C1)N(c1cccc(C(F)(F)F)c1)C(=O)CC2c1ccc2ccccc2c1. The molecule has 34 heavy (non-hydrogen) atoms. The van der Waals surface area contributed by atoms with Crippen molar-refractivity contribution in [1.82, 2.24) is 0 Å². The van der Waals surface area contributed by atoms with E-state index in [0.29, 0.717) is 24.1 Å². The van der Waals surface area contributed by atoms with Gasteiger partial charge in [0, 0.05) is 35.7 Å². The lowest BCUT2D eigenvalue weighted by atomic mass is 9.69. The maximum atomic E-state index is 13.5. The van der Waals surface area contributed by atoms with Gasteiger partial charge in [-0.1, -0.05) is 62.4 Å². The monoisotopic (exact) mass is 463 g/mol. The second-order valence-corrected chi connectivity index (χ2v) is 9.94. The van der Waals surface area contributed by atoms with Crippen LogP contribution in [0.2, 0.25) is 0 Å². The van der Waals surface area contributed by atoms with E-state index in [9.17, 15) is 22.8 Å². The van der Waals surface area contributed by atoms with E-state index in [1.165, 1.54) is 17.0 Å². The number of halogens is 3. The zero-order valence-electron chi connectivity index (χ0n) is 18.9. The Bertz CT molecular complexity index is 1350. The fraction of sp³-hybridized carbons (Fsp3) is 0.286. The lowest BCUT2D eigenvalue weighted by Crippen LogP contribution is -2.43. The fourth-order valence-corrected chi connectivity index (χ4v) is 5.25. The summed E-state index contributed by atoms with van der Waals surface area (Å²) in [6.07, 6.45) is -3.73. The zero-order chi connectivity index (χ0) is 24.3. The molecule has 1 heterocycles. The van der Waals surface area contributed by atoms with Crippen molar-refractivity contribution in [3.63, 3.8) is 0 Å². The van der Waals surface area contributed by atoms with Crippen molar-refractivity contribution in [2.75, 3.05) is 4.90 Å². The Labute approximate surface area is 195 Å². The average molecular weight is 463 g/mol. The summed E-state index contributed by atoms with van der Waals surface area (Å²) in [5.74, 6) is -0.770. The van der Waals surface area contributed by atoms with Crippen molar-refractivity contribution < 1.29 is 22.8 Å². The van der Waals surface area contributed by atoms with Crippen LogP contribution in [0, 0.1) is 5.41 Å². The van der Waals surface area contributed by atoms with Gasteiger partial charge in [-0.15, -0.1) is 0 Å². The van der Waals surface area contributed by atoms with E-state index in [2.05, 4.69) is 0 Å². The molecule has 3 aromatic rings. The molecule has 0 bridgehead atoms. The number of hydrogen-bond donors (Lipinski definition) is 0. The molecule has 6 heteroatoms. The number of allylic oxidation sites excluding steroid dienone is 2. The summed E-state index contributed by atoms with van der Waals surface area (Å²) in [6, 6.07) is 18.6. The van der Waals surface area contributed by atoms with Gasteiger partial charge in [-0.05, 0) is 46.4 Å². The van der Waals surface area contributed by atoms with Crippen LogP contribution in [0.5, 0.6) is 0 Å². The van der Waals surface area contributed by atoms with Crippen LogP contribution in [0.25, 0.3) is 10.8 Å². The number of Topliss-reactive ketones (excluding diaryl/α,β-unsaturated/α-hetero) is 1. The zero-order valence-corrected chi connectivity index (χ0v) is 18.9. The van der Waals surface area contributed by atoms with Gasteiger partial charge in [0.15, 0.2) is 5.78 Å². The Balaban J connectivity index is 1.68. The van der Waals surface area contributed by atoms with Crippen LogP contribution >= 0.6 is 0 Å². The van der Waals surface area contributed by atoms with Gasteiger partial charge < -0.3 is 0 Å². The average Bonchev–Trinajstić information content (AvgIpc) is 2.76. The maximum Gasteiger partial charge on any atom is 0.416 e. The number of ketones is 1. The first-order valence-electron chi connectivity index (χ1n) is 11.3. The molecule has 0 saturated heterocycles. The summed E-state index contributed by atoms with van der Waals surface area (Å²) in [6.45, 7) is 3.90. The van der Waals surface area contributed by atoms with Gasteiger partial charge in [-0.25, -0.2) is 0 Å². The Morgan fingerprint density at radius 1 is 0.882 bits per heavy atom. The van der Waals surface area contributed by atoms with Gasteiger partial charge in [-0.3, -0.25) is 14.5 Å². The molecule has 0 saturated carbocycles. The number of anilines is 1. The summed E-state index contributed by atoms with van der Waals surface area (Å²) < 4.78 is 40.2. The van der Waals surface area contributed by atoms with E-state index in [1.54, 1.807) is 0 Å². The summed E-state index contributed by atoms with van der Waals surface area (Å²) in [7, 11) is 0. The normalized spacial score (nSPS) is 20.6. The third-order valence-corrected chi connectivity index (χ3v) is 6.75. The number of carbonyl (C=O) groups excluding carboxylic acids is 2. The van der Waals surface area contributed by atoms with Crippen LogP contribution in [0.15, 0.2) is 78.0 Å². The van der Waals surface area contributed by atoms with Crippen LogP contribution in [-0.2, 0) is 15.8 Å². The Kier molecular flexibility index (Phi) is 5.15. The fourth-order valence-electron chi connectivity index (χ4n) is 5.25. The summed E-state index contributed by atoms with van der Waals surface area (Å²) in [5.41, 5.74) is 0.868. The van der Waals surface area contributed by atoms with E-state index in [-0.39, 0.29) is 23.8 Å². The molecule has 2 aliphatic rings. The third-order valence-electron chi connectivity index (χ3n) is 6.75. The second kappa shape index (κ2) is 7.83. The highest BCUT2D eigenvalue weighted by atomic mass is 19.4. The quantitative estimate of drug-likeness (QED) is 0.409. The molecule has 1 atom stereocenters. The minimum atomic E-state index is -4.53. The van der Waals surface area contributed by atoms with Crippen molar-refractivity contribution in [1.29, 1.82) is 0 Å². The highest BCUT2D eigenvalue weighted by Crippen LogP contribution is 2.48. The maximum absolute atomic E-state index is 13.5. The number of benzene rings is 3. The van der Waals surface area contributed by atoms with Crippen LogP contribution < -0.4 is 4.90 Å². The molecule has 174 valence electrons. The van der Waals surface area contributed by atoms with Crippen LogP contribution in [0.3, 0.4) is 0 Å². The standard InChI is InChI=1S/C28H24F3NO2/c1-27(2)15-23-26(24(33)16-27)22(19-11-10-17-6-3-4-7-18(17)12-19)14-25(34)32(23)21-9-5-8-20(13-21)28(29,30)31/h3-13,22H,14-16H2,1-2H3. The minimum Gasteiger partial charge on any atom is -0.294 e. The van der Waals surface area contributed by atoms with Crippen molar-refractivity contribution in [2.45, 2.75) is 45.2 Å². The summed E-state index contributed by atoms with van der Waals surface area (Å²) in [5, 5.41) is 2.07. The van der Waals surface area contributed by atoms with Gasteiger partial charge in [-0.2, -0.15) is 13.2 Å². The summed E-state index contributed by atoms with van der Waals surface area (Å²) >= 11 is 0. The van der Waals surface area contributed by atoms with Crippen molar-refractivity contribution in [2.24, 2.45) is 5.41 Å².